The summed E-state index contributed by atoms with van der Waals surface area (Å²) in [5, 5.41) is 26.4. The van der Waals surface area contributed by atoms with Crippen LogP contribution in [0.2, 0.25) is 0 Å². The highest BCUT2D eigenvalue weighted by Crippen LogP contribution is 2.36. The Morgan fingerprint density at radius 3 is 2.63 bits per heavy atom. The van der Waals surface area contributed by atoms with Crippen LogP contribution in [-0.2, 0) is 22.0 Å². The van der Waals surface area contributed by atoms with Crippen molar-refractivity contribution >= 4 is 15.8 Å². The van der Waals surface area contributed by atoms with Gasteiger partial charge in [0.1, 0.15) is 5.75 Å². The summed E-state index contributed by atoms with van der Waals surface area (Å²) in [6.45, 7) is 1.69. The number of hydrogen-bond donors (Lipinski definition) is 3. The molecule has 0 saturated carbocycles. The number of hydrogen-bond acceptors (Lipinski definition) is 7. The van der Waals surface area contributed by atoms with Gasteiger partial charge in [0.15, 0.2) is 5.82 Å². The van der Waals surface area contributed by atoms with Crippen LogP contribution in [0.15, 0.2) is 24.3 Å². The Morgan fingerprint density at radius 2 is 2.03 bits per heavy atom. The molecule has 0 radical (unpaired) electrons. The normalized spacial score (nSPS) is 18.4. The van der Waals surface area contributed by atoms with Crippen molar-refractivity contribution in [2.24, 2.45) is 5.14 Å². The van der Waals surface area contributed by atoms with Gasteiger partial charge >= 0.3 is 6.18 Å². The molecule has 0 aliphatic carbocycles. The summed E-state index contributed by atoms with van der Waals surface area (Å²) in [5.41, 5.74) is -0.766. The molecule has 164 valence electrons. The molecule has 8 nitrogen and oxygen atoms in total. The van der Waals surface area contributed by atoms with Crippen LogP contribution in [-0.4, -0.2) is 54.8 Å². The minimum Gasteiger partial charge on any atom is -0.507 e. The van der Waals surface area contributed by atoms with E-state index >= 15 is 0 Å². The van der Waals surface area contributed by atoms with E-state index in [0.29, 0.717) is 6.07 Å². The van der Waals surface area contributed by atoms with Crippen LogP contribution in [0, 0.1) is 0 Å². The number of nitrogens with zero attached hydrogens (tertiary/aromatic N) is 3. The Labute approximate surface area is 172 Å². The number of primary sulfonamides is 1. The number of rotatable bonds is 5. The van der Waals surface area contributed by atoms with Gasteiger partial charge in [0.25, 0.3) is 0 Å². The van der Waals surface area contributed by atoms with Gasteiger partial charge in [-0.1, -0.05) is 0 Å². The molecule has 12 heteroatoms. The first-order chi connectivity index (χ1) is 13.9. The summed E-state index contributed by atoms with van der Waals surface area (Å²) < 4.78 is 61.8. The Hall–Kier alpha value is -2.44. The maximum atomic E-state index is 12.8. The molecule has 30 heavy (non-hydrogen) atoms. The Balaban J connectivity index is 1.96. The summed E-state index contributed by atoms with van der Waals surface area (Å²) >= 11 is 0. The van der Waals surface area contributed by atoms with E-state index in [1.54, 1.807) is 0 Å². The third-order valence-electron chi connectivity index (χ3n) is 4.80. The molecule has 1 fully saturated rings. The van der Waals surface area contributed by atoms with Crippen LogP contribution in [0.5, 0.6) is 5.75 Å². The summed E-state index contributed by atoms with van der Waals surface area (Å²) in [4.78, 5) is 2.13. The number of phenols is 1. The van der Waals surface area contributed by atoms with E-state index in [9.17, 15) is 26.7 Å². The number of nitrogens with one attached hydrogen (secondary N) is 1. The Kier molecular flexibility index (Phi) is 6.20. The van der Waals surface area contributed by atoms with Crippen molar-refractivity contribution in [3.05, 3.63) is 35.4 Å². The molecule has 1 aliphatic heterocycles. The van der Waals surface area contributed by atoms with E-state index in [-0.39, 0.29) is 28.7 Å². The number of aromatic hydroxyl groups is 1. The highest BCUT2D eigenvalue weighted by atomic mass is 32.2. The standard InChI is InChI=1S/C18H22F3N5O3S/c1-26-6-2-3-13(9-26)23-17-11(10-30(22,28)29)7-15(24-25-17)14-5-4-12(8-16(14)27)18(19,20)21/h4-5,7-8,13,27H,2-3,6,9-10H2,1H3,(H,23,25)(H2,22,28,29)/t13-/m1/s1. The first-order valence-electron chi connectivity index (χ1n) is 9.15. The number of aromatic nitrogens is 2. The van der Waals surface area contributed by atoms with Crippen molar-refractivity contribution in [2.75, 3.05) is 25.5 Å². The number of sulfonamides is 1. The second-order valence-corrected chi connectivity index (χ2v) is 9.00. The van der Waals surface area contributed by atoms with Crippen LogP contribution in [0.3, 0.4) is 0 Å². The highest BCUT2D eigenvalue weighted by molar-refractivity contribution is 7.88. The lowest BCUT2D eigenvalue weighted by Gasteiger charge is -2.30. The monoisotopic (exact) mass is 445 g/mol. The molecule has 2 heterocycles. The number of piperidine rings is 1. The van der Waals surface area contributed by atoms with Crippen LogP contribution in [0.25, 0.3) is 11.3 Å². The number of phenolic OH excluding ortho intramolecular Hbond substituents is 1. The van der Waals surface area contributed by atoms with Gasteiger partial charge in [-0.05, 0) is 50.7 Å². The number of anilines is 1. The molecular weight excluding hydrogens is 423 g/mol. The predicted octanol–water partition coefficient (Wildman–Crippen LogP) is 2.16. The predicted molar refractivity (Wildman–Crippen MR) is 105 cm³/mol. The van der Waals surface area contributed by atoms with Crippen LogP contribution in [0.4, 0.5) is 19.0 Å². The lowest BCUT2D eigenvalue weighted by molar-refractivity contribution is -0.137. The third-order valence-corrected chi connectivity index (χ3v) is 5.51. The molecule has 3 rings (SSSR count). The molecule has 1 saturated heterocycles. The molecule has 0 unspecified atom stereocenters. The second-order valence-electron chi connectivity index (χ2n) is 7.39. The number of nitrogens with two attached hydrogens (primary N) is 1. The van der Waals surface area contributed by atoms with E-state index in [4.69, 9.17) is 5.14 Å². The average molecular weight is 445 g/mol. The second kappa shape index (κ2) is 8.36. The quantitative estimate of drug-likeness (QED) is 0.645. The number of halogens is 3. The van der Waals surface area contributed by atoms with Gasteiger partial charge in [0, 0.05) is 23.7 Å². The van der Waals surface area contributed by atoms with Gasteiger partial charge < -0.3 is 15.3 Å². The van der Waals surface area contributed by atoms with E-state index < -0.39 is 33.3 Å². The van der Waals surface area contributed by atoms with Crippen molar-refractivity contribution in [3.63, 3.8) is 0 Å². The fraction of sp³-hybridized carbons (Fsp3) is 0.444. The SMILES string of the molecule is CN1CCC[C@@H](Nc2nnc(-c3ccc(C(F)(F)F)cc3O)cc2CS(N)(=O)=O)C1. The Morgan fingerprint density at radius 1 is 1.30 bits per heavy atom. The Bertz CT molecular complexity index is 1030. The summed E-state index contributed by atoms with van der Waals surface area (Å²) in [5.74, 6) is -0.947. The first kappa shape index (κ1) is 22.2. The molecule has 0 bridgehead atoms. The van der Waals surface area contributed by atoms with E-state index in [1.165, 1.54) is 6.07 Å². The van der Waals surface area contributed by atoms with Crippen molar-refractivity contribution in [1.29, 1.82) is 0 Å². The lowest BCUT2D eigenvalue weighted by Crippen LogP contribution is -2.40. The number of likely N-dealkylation sites (N-methyl/N-ethyl adjacent to an activating group) is 1. The van der Waals surface area contributed by atoms with Crippen molar-refractivity contribution < 1.29 is 26.7 Å². The smallest absolute Gasteiger partial charge is 0.416 e. The summed E-state index contributed by atoms with van der Waals surface area (Å²) in [6.07, 6.45) is -2.78. The number of likely N-dealkylation sites (tertiary alicyclic amines) is 1. The molecule has 2 aromatic rings. The highest BCUT2D eigenvalue weighted by Gasteiger charge is 2.31. The first-order valence-corrected chi connectivity index (χ1v) is 10.9. The lowest BCUT2D eigenvalue weighted by atomic mass is 10.0. The number of benzene rings is 1. The minimum atomic E-state index is -4.61. The van der Waals surface area contributed by atoms with E-state index in [2.05, 4.69) is 20.4 Å². The maximum Gasteiger partial charge on any atom is 0.416 e. The fourth-order valence-corrected chi connectivity index (χ4v) is 4.07. The van der Waals surface area contributed by atoms with Crippen molar-refractivity contribution in [1.82, 2.24) is 15.1 Å². The van der Waals surface area contributed by atoms with Gasteiger partial charge in [-0.3, -0.25) is 0 Å². The van der Waals surface area contributed by atoms with E-state index in [0.717, 1.165) is 38.1 Å². The topological polar surface area (TPSA) is 121 Å². The van der Waals surface area contributed by atoms with Crippen LogP contribution < -0.4 is 10.5 Å². The van der Waals surface area contributed by atoms with Crippen LogP contribution >= 0.6 is 0 Å². The summed E-state index contributed by atoms with van der Waals surface area (Å²) in [7, 11) is -1.94. The molecule has 1 aromatic carbocycles. The third kappa shape index (κ3) is 5.58. The van der Waals surface area contributed by atoms with Gasteiger partial charge in [0.05, 0.1) is 17.0 Å². The molecule has 1 atom stereocenters. The fourth-order valence-electron chi connectivity index (χ4n) is 3.41. The molecule has 4 N–H and O–H groups in total. The summed E-state index contributed by atoms with van der Waals surface area (Å²) in [6, 6.07) is 3.84. The van der Waals surface area contributed by atoms with E-state index in [1.807, 2.05) is 7.05 Å². The van der Waals surface area contributed by atoms with Gasteiger partial charge in [-0.25, -0.2) is 13.6 Å². The molecular formula is C18H22F3N5O3S. The molecule has 0 spiro atoms. The molecule has 1 aromatic heterocycles. The zero-order valence-corrected chi connectivity index (χ0v) is 17.0. The van der Waals surface area contributed by atoms with Crippen LogP contribution in [0.1, 0.15) is 24.0 Å². The number of alkyl halides is 3. The van der Waals surface area contributed by atoms with Crippen molar-refractivity contribution in [3.8, 4) is 17.0 Å². The zero-order chi connectivity index (χ0) is 22.1. The van der Waals surface area contributed by atoms with Gasteiger partial charge in [-0.2, -0.15) is 13.2 Å². The maximum absolute atomic E-state index is 12.8. The largest absolute Gasteiger partial charge is 0.507 e. The molecule has 0 amide bonds. The zero-order valence-electron chi connectivity index (χ0n) is 16.1. The van der Waals surface area contributed by atoms with Crippen molar-refractivity contribution in [2.45, 2.75) is 30.8 Å². The minimum absolute atomic E-state index is 0.00452. The average Bonchev–Trinajstić information content (AvgIpc) is 2.61. The molecule has 1 aliphatic rings. The van der Waals surface area contributed by atoms with Gasteiger partial charge in [-0.15, -0.1) is 10.2 Å². The van der Waals surface area contributed by atoms with Gasteiger partial charge in [0.2, 0.25) is 10.0 Å².